The van der Waals surface area contributed by atoms with Gasteiger partial charge >= 0.3 is 6.18 Å². The molecule has 3 heterocycles. The van der Waals surface area contributed by atoms with Gasteiger partial charge in [-0.05, 0) is 30.3 Å². The second kappa shape index (κ2) is 7.40. The molecule has 0 bridgehead atoms. The van der Waals surface area contributed by atoms with Gasteiger partial charge in [-0.2, -0.15) is 18.3 Å². The van der Waals surface area contributed by atoms with Crippen molar-refractivity contribution in [2.45, 2.75) is 12.7 Å². The highest BCUT2D eigenvalue weighted by Gasteiger charge is 2.33. The van der Waals surface area contributed by atoms with E-state index >= 15 is 0 Å². The highest BCUT2D eigenvalue weighted by molar-refractivity contribution is 5.67. The van der Waals surface area contributed by atoms with Crippen molar-refractivity contribution in [3.8, 4) is 22.7 Å². The molecule has 0 aliphatic carbocycles. The monoisotopic (exact) mass is 404 g/mol. The molecule has 1 aliphatic rings. The fourth-order valence-corrected chi connectivity index (χ4v) is 3.27. The molecule has 0 saturated heterocycles. The zero-order valence-electron chi connectivity index (χ0n) is 15.9. The summed E-state index contributed by atoms with van der Waals surface area (Å²) < 4.78 is 51.4. The van der Waals surface area contributed by atoms with Crippen molar-refractivity contribution >= 4 is 5.82 Å². The van der Waals surface area contributed by atoms with Crippen molar-refractivity contribution in [2.24, 2.45) is 0 Å². The highest BCUT2D eigenvalue weighted by atomic mass is 19.4. The number of fused-ring (bicyclic) bond motifs is 3. The van der Waals surface area contributed by atoms with Crippen molar-refractivity contribution in [2.75, 3.05) is 32.3 Å². The Balaban J connectivity index is 1.69. The number of alkyl halides is 3. The summed E-state index contributed by atoms with van der Waals surface area (Å²) in [7, 11) is 3.52. The molecule has 0 N–H and O–H groups in total. The van der Waals surface area contributed by atoms with Gasteiger partial charge in [0.1, 0.15) is 23.9 Å². The summed E-state index contributed by atoms with van der Waals surface area (Å²) in [5, 5.41) is 4.56. The minimum absolute atomic E-state index is 0.365. The third kappa shape index (κ3) is 3.77. The van der Waals surface area contributed by atoms with Crippen LogP contribution in [0.25, 0.3) is 16.9 Å². The number of rotatable bonds is 5. The lowest BCUT2D eigenvalue weighted by atomic mass is 10.1. The Labute approximate surface area is 165 Å². The van der Waals surface area contributed by atoms with Gasteiger partial charge in [-0.25, -0.2) is 4.68 Å². The Hall–Kier alpha value is -3.07. The molecule has 3 aromatic rings. The molecule has 9 heteroatoms. The lowest BCUT2D eigenvalue weighted by Gasteiger charge is -2.27. The van der Waals surface area contributed by atoms with Crippen molar-refractivity contribution < 1.29 is 22.6 Å². The van der Waals surface area contributed by atoms with Gasteiger partial charge in [0.2, 0.25) is 0 Å². The molecule has 0 radical (unpaired) electrons. The maximum Gasteiger partial charge on any atom is 0.433 e. The molecule has 0 amide bonds. The van der Waals surface area contributed by atoms with Gasteiger partial charge in [0.15, 0.2) is 0 Å². The van der Waals surface area contributed by atoms with Gasteiger partial charge in [0.05, 0.1) is 18.0 Å². The van der Waals surface area contributed by atoms with E-state index in [1.54, 1.807) is 17.9 Å². The predicted octanol–water partition coefficient (Wildman–Crippen LogP) is 3.93. The fourth-order valence-electron chi connectivity index (χ4n) is 3.27. The van der Waals surface area contributed by atoms with E-state index in [1.165, 1.54) is 6.07 Å². The Morgan fingerprint density at radius 2 is 1.93 bits per heavy atom. The van der Waals surface area contributed by atoms with Crippen LogP contribution >= 0.6 is 0 Å². The second-order valence-corrected chi connectivity index (χ2v) is 6.71. The van der Waals surface area contributed by atoms with E-state index in [1.807, 2.05) is 30.1 Å². The molecule has 4 rings (SSSR count). The number of aromatic nitrogens is 3. The molecule has 0 spiro atoms. The maximum atomic E-state index is 13.0. The van der Waals surface area contributed by atoms with Crippen molar-refractivity contribution in [3.05, 3.63) is 53.9 Å². The van der Waals surface area contributed by atoms with Crippen LogP contribution < -0.4 is 9.64 Å². The summed E-state index contributed by atoms with van der Waals surface area (Å²) in [5.74, 6) is 1.53. The average molecular weight is 404 g/mol. The minimum atomic E-state index is -4.50. The van der Waals surface area contributed by atoms with Crippen LogP contribution in [0, 0.1) is 0 Å². The number of anilines is 1. The molecule has 0 unspecified atom stereocenters. The number of hydrogen-bond acceptors (Lipinski definition) is 5. The van der Waals surface area contributed by atoms with Gasteiger partial charge < -0.3 is 14.4 Å². The highest BCUT2D eigenvalue weighted by Crippen LogP contribution is 2.36. The first-order chi connectivity index (χ1) is 13.9. The van der Waals surface area contributed by atoms with Gasteiger partial charge in [0.25, 0.3) is 0 Å². The molecule has 29 heavy (non-hydrogen) atoms. The third-order valence-corrected chi connectivity index (χ3v) is 4.67. The van der Waals surface area contributed by atoms with Crippen LogP contribution in [-0.4, -0.2) is 42.1 Å². The summed E-state index contributed by atoms with van der Waals surface area (Å²) in [6.07, 6.45) is -3.35. The zero-order valence-corrected chi connectivity index (χ0v) is 15.9. The topological polar surface area (TPSA) is 52.4 Å². The Kier molecular flexibility index (Phi) is 4.91. The lowest BCUT2D eigenvalue weighted by molar-refractivity contribution is -0.141. The number of halogens is 3. The summed E-state index contributed by atoms with van der Waals surface area (Å²) >= 11 is 0. The van der Waals surface area contributed by atoms with E-state index in [-0.39, 0.29) is 0 Å². The van der Waals surface area contributed by atoms with E-state index in [0.717, 1.165) is 35.1 Å². The Morgan fingerprint density at radius 1 is 1.10 bits per heavy atom. The molecule has 0 atom stereocenters. The van der Waals surface area contributed by atoms with Gasteiger partial charge in [-0.15, -0.1) is 0 Å². The number of hydrogen-bond donors (Lipinski definition) is 0. The van der Waals surface area contributed by atoms with Crippen LogP contribution in [0.4, 0.5) is 19.0 Å². The maximum absolute atomic E-state index is 13.0. The van der Waals surface area contributed by atoms with Crippen LogP contribution in [0.1, 0.15) is 11.3 Å². The third-order valence-electron chi connectivity index (χ3n) is 4.67. The van der Waals surface area contributed by atoms with Crippen molar-refractivity contribution in [1.82, 2.24) is 14.8 Å². The van der Waals surface area contributed by atoms with Gasteiger partial charge in [-0.1, -0.05) is 0 Å². The molecule has 6 nitrogen and oxygen atoms in total. The second-order valence-electron chi connectivity index (χ2n) is 6.71. The fraction of sp³-hybridized carbons (Fsp3) is 0.300. The van der Waals surface area contributed by atoms with E-state index in [9.17, 15) is 13.2 Å². The molecule has 0 fully saturated rings. The number of ether oxygens (including phenoxy) is 2. The van der Waals surface area contributed by atoms with E-state index in [2.05, 4.69) is 10.1 Å². The van der Waals surface area contributed by atoms with Crippen molar-refractivity contribution in [3.63, 3.8) is 0 Å². The SMILES string of the molecule is COCCOc1ccc2c(c1)CN(C)c1cc(-c3ccnc(C(F)(F)F)c3)nn1-2. The Morgan fingerprint density at radius 3 is 2.69 bits per heavy atom. The summed E-state index contributed by atoms with van der Waals surface area (Å²) in [6.45, 7) is 1.58. The molecule has 1 aromatic carbocycles. The van der Waals surface area contributed by atoms with E-state index < -0.39 is 11.9 Å². The largest absolute Gasteiger partial charge is 0.491 e. The standard InChI is InChI=1S/C20H19F3N4O2/c1-26-12-14-9-15(29-8-7-28-2)3-4-17(14)27-19(26)11-16(25-27)13-5-6-24-18(10-13)20(21,22)23/h3-6,9-11H,7-8,12H2,1-2H3. The van der Waals surface area contributed by atoms with Crippen LogP contribution in [0.2, 0.25) is 0 Å². The van der Waals surface area contributed by atoms with Crippen LogP contribution in [0.15, 0.2) is 42.6 Å². The van der Waals surface area contributed by atoms with Gasteiger partial charge in [0, 0.05) is 44.1 Å². The van der Waals surface area contributed by atoms with Gasteiger partial charge in [-0.3, -0.25) is 4.98 Å². The first kappa shape index (κ1) is 19.3. The molecule has 152 valence electrons. The smallest absolute Gasteiger partial charge is 0.433 e. The molecule has 0 saturated carbocycles. The number of methoxy groups -OCH3 is 1. The van der Waals surface area contributed by atoms with Crippen LogP contribution in [-0.2, 0) is 17.5 Å². The first-order valence-electron chi connectivity index (χ1n) is 8.96. The summed E-state index contributed by atoms with van der Waals surface area (Å²) in [6, 6.07) is 10.0. The van der Waals surface area contributed by atoms with Crippen LogP contribution in [0.3, 0.4) is 0 Å². The van der Waals surface area contributed by atoms with Crippen molar-refractivity contribution in [1.29, 1.82) is 0 Å². The summed E-state index contributed by atoms with van der Waals surface area (Å²) in [4.78, 5) is 5.41. The first-order valence-corrected chi connectivity index (χ1v) is 8.96. The normalized spacial score (nSPS) is 13.2. The summed E-state index contributed by atoms with van der Waals surface area (Å²) in [5.41, 5.74) is 1.76. The zero-order chi connectivity index (χ0) is 20.6. The van der Waals surface area contributed by atoms with E-state index in [0.29, 0.717) is 31.0 Å². The average Bonchev–Trinajstić information content (AvgIpc) is 3.14. The lowest BCUT2D eigenvalue weighted by Crippen LogP contribution is -2.25. The molecular formula is C20H19F3N4O2. The Bertz CT molecular complexity index is 1030. The molecular weight excluding hydrogens is 385 g/mol. The van der Waals surface area contributed by atoms with Crippen LogP contribution in [0.5, 0.6) is 5.75 Å². The van der Waals surface area contributed by atoms with E-state index in [4.69, 9.17) is 9.47 Å². The molecule has 2 aromatic heterocycles. The quantitative estimate of drug-likeness (QED) is 0.603. The number of pyridine rings is 1. The number of benzene rings is 1. The number of nitrogens with zero attached hydrogens (tertiary/aromatic N) is 4. The predicted molar refractivity (Wildman–Crippen MR) is 101 cm³/mol. The molecule has 1 aliphatic heterocycles. The minimum Gasteiger partial charge on any atom is -0.491 e.